The molecule has 0 unspecified atom stereocenters. The number of methoxy groups -OCH3 is 1. The van der Waals surface area contributed by atoms with Crippen LogP contribution in [0.3, 0.4) is 0 Å². The molecule has 0 radical (unpaired) electrons. The van der Waals surface area contributed by atoms with E-state index >= 15 is 0 Å². The van der Waals surface area contributed by atoms with Crippen molar-refractivity contribution in [2.75, 3.05) is 7.11 Å². The number of phenolic OH excluding ortho intramolecular Hbond substituents is 1. The number of rotatable bonds is 2. The van der Waals surface area contributed by atoms with E-state index in [-0.39, 0.29) is 18.1 Å². The van der Waals surface area contributed by atoms with Crippen LogP contribution in [-0.4, -0.2) is 17.3 Å². The Bertz CT molecular complexity index is 263. The molecule has 0 spiro atoms. The topological polar surface area (TPSA) is 49.7 Å². The van der Waals surface area contributed by atoms with Crippen molar-refractivity contribution in [1.29, 1.82) is 0 Å². The van der Waals surface area contributed by atoms with Crippen molar-refractivity contribution in [3.8, 4) is 11.5 Å². The summed E-state index contributed by atoms with van der Waals surface area (Å²) < 4.78 is 17.5. The van der Waals surface area contributed by atoms with E-state index in [1.54, 1.807) is 0 Å². The van der Waals surface area contributed by atoms with Gasteiger partial charge >= 0.3 is 0 Å². The van der Waals surface area contributed by atoms with Gasteiger partial charge in [0.05, 0.1) is 13.7 Å². The summed E-state index contributed by atoms with van der Waals surface area (Å²) in [7, 11) is 1.26. The number of hydrogen-bond acceptors (Lipinski definition) is 3. The molecule has 0 atom stereocenters. The Kier molecular flexibility index (Phi) is 2.50. The number of benzene rings is 1. The van der Waals surface area contributed by atoms with Gasteiger partial charge in [-0.15, -0.1) is 0 Å². The van der Waals surface area contributed by atoms with E-state index in [4.69, 9.17) is 10.2 Å². The van der Waals surface area contributed by atoms with Gasteiger partial charge in [0.25, 0.3) is 0 Å². The third kappa shape index (κ3) is 1.48. The van der Waals surface area contributed by atoms with E-state index in [0.717, 1.165) is 6.07 Å². The fraction of sp³-hybridized carbons (Fsp3) is 0.250. The first-order chi connectivity index (χ1) is 5.69. The van der Waals surface area contributed by atoms with Crippen LogP contribution < -0.4 is 4.74 Å². The normalized spacial score (nSPS) is 9.92. The van der Waals surface area contributed by atoms with E-state index in [1.165, 1.54) is 13.2 Å². The molecule has 0 fully saturated rings. The first-order valence-corrected chi connectivity index (χ1v) is 3.35. The summed E-state index contributed by atoms with van der Waals surface area (Å²) >= 11 is 0. The zero-order valence-electron chi connectivity index (χ0n) is 6.54. The molecular weight excluding hydrogens is 163 g/mol. The van der Waals surface area contributed by atoms with Crippen molar-refractivity contribution in [1.82, 2.24) is 0 Å². The standard InChI is InChI=1S/C8H9FO3/c1-12-8-6(9)2-5(4-10)3-7(8)11/h2-3,10-11H,4H2,1H3. The molecule has 0 saturated heterocycles. The number of aliphatic hydroxyl groups is 1. The van der Waals surface area contributed by atoms with Gasteiger partial charge in [0.2, 0.25) is 0 Å². The van der Waals surface area contributed by atoms with Gasteiger partial charge in [0.1, 0.15) is 0 Å². The smallest absolute Gasteiger partial charge is 0.196 e. The van der Waals surface area contributed by atoms with Crippen molar-refractivity contribution in [3.05, 3.63) is 23.5 Å². The van der Waals surface area contributed by atoms with Crippen LogP contribution >= 0.6 is 0 Å². The fourth-order valence-corrected chi connectivity index (χ4v) is 0.927. The molecule has 66 valence electrons. The number of aromatic hydroxyl groups is 1. The molecule has 0 aliphatic carbocycles. The second-order valence-corrected chi connectivity index (χ2v) is 2.29. The predicted molar refractivity (Wildman–Crippen MR) is 40.5 cm³/mol. The van der Waals surface area contributed by atoms with Crippen molar-refractivity contribution in [2.24, 2.45) is 0 Å². The van der Waals surface area contributed by atoms with E-state index in [1.807, 2.05) is 0 Å². The molecule has 1 aromatic rings. The summed E-state index contributed by atoms with van der Waals surface area (Å²) in [6.07, 6.45) is 0. The van der Waals surface area contributed by atoms with Gasteiger partial charge in [-0.3, -0.25) is 0 Å². The molecule has 2 N–H and O–H groups in total. The second kappa shape index (κ2) is 3.40. The van der Waals surface area contributed by atoms with E-state index in [2.05, 4.69) is 4.74 Å². The van der Waals surface area contributed by atoms with Crippen LogP contribution in [0.25, 0.3) is 0 Å². The number of hydrogen-bond donors (Lipinski definition) is 2. The summed E-state index contributed by atoms with van der Waals surface area (Å²) in [6, 6.07) is 2.36. The average molecular weight is 172 g/mol. The fourth-order valence-electron chi connectivity index (χ4n) is 0.927. The summed E-state index contributed by atoms with van der Waals surface area (Å²) in [5.74, 6) is -1.18. The van der Waals surface area contributed by atoms with Crippen LogP contribution in [0, 0.1) is 5.82 Å². The molecule has 4 heteroatoms. The Morgan fingerprint density at radius 1 is 1.50 bits per heavy atom. The predicted octanol–water partition coefficient (Wildman–Crippen LogP) is 1.03. The summed E-state index contributed by atoms with van der Waals surface area (Å²) in [4.78, 5) is 0. The van der Waals surface area contributed by atoms with Gasteiger partial charge in [-0.25, -0.2) is 4.39 Å². The van der Waals surface area contributed by atoms with Crippen molar-refractivity contribution < 1.29 is 19.3 Å². The van der Waals surface area contributed by atoms with E-state index < -0.39 is 5.82 Å². The Labute approximate surface area is 69.0 Å². The molecule has 0 amide bonds. The largest absolute Gasteiger partial charge is 0.504 e. The first-order valence-electron chi connectivity index (χ1n) is 3.35. The van der Waals surface area contributed by atoms with Crippen LogP contribution in [0.5, 0.6) is 11.5 Å². The number of halogens is 1. The second-order valence-electron chi connectivity index (χ2n) is 2.29. The van der Waals surface area contributed by atoms with Crippen LogP contribution in [0.4, 0.5) is 4.39 Å². The van der Waals surface area contributed by atoms with Crippen LogP contribution in [0.2, 0.25) is 0 Å². The van der Waals surface area contributed by atoms with Crippen LogP contribution in [0.15, 0.2) is 12.1 Å². The number of ether oxygens (including phenoxy) is 1. The van der Waals surface area contributed by atoms with Gasteiger partial charge in [0.15, 0.2) is 17.3 Å². The molecule has 0 heterocycles. The monoisotopic (exact) mass is 172 g/mol. The van der Waals surface area contributed by atoms with Gasteiger partial charge in [0, 0.05) is 0 Å². The highest BCUT2D eigenvalue weighted by Gasteiger charge is 2.09. The highest BCUT2D eigenvalue weighted by atomic mass is 19.1. The molecule has 1 aromatic carbocycles. The Balaban J connectivity index is 3.18. The van der Waals surface area contributed by atoms with Gasteiger partial charge in [-0.1, -0.05) is 0 Å². The maximum Gasteiger partial charge on any atom is 0.196 e. The SMILES string of the molecule is COc1c(O)cc(CO)cc1F. The number of phenols is 1. The molecular formula is C8H9FO3. The third-order valence-electron chi connectivity index (χ3n) is 1.47. The lowest BCUT2D eigenvalue weighted by molar-refractivity contribution is 0.279. The minimum absolute atomic E-state index is 0.202. The minimum Gasteiger partial charge on any atom is -0.504 e. The highest BCUT2D eigenvalue weighted by molar-refractivity contribution is 5.42. The molecule has 1 rings (SSSR count). The summed E-state index contributed by atoms with van der Waals surface area (Å²) in [5.41, 5.74) is 0.311. The molecule has 0 bridgehead atoms. The van der Waals surface area contributed by atoms with Crippen molar-refractivity contribution in [3.63, 3.8) is 0 Å². The number of aliphatic hydroxyl groups excluding tert-OH is 1. The molecule has 0 aliphatic heterocycles. The Morgan fingerprint density at radius 3 is 2.58 bits per heavy atom. The third-order valence-corrected chi connectivity index (χ3v) is 1.47. The maximum absolute atomic E-state index is 12.9. The molecule has 0 aromatic heterocycles. The van der Waals surface area contributed by atoms with E-state index in [0.29, 0.717) is 5.56 Å². The summed E-state index contributed by atoms with van der Waals surface area (Å²) in [6.45, 7) is -0.311. The molecule has 0 aliphatic rings. The quantitative estimate of drug-likeness (QED) is 0.700. The first kappa shape index (κ1) is 8.80. The highest BCUT2D eigenvalue weighted by Crippen LogP contribution is 2.29. The minimum atomic E-state index is -0.679. The van der Waals surface area contributed by atoms with Crippen LogP contribution in [-0.2, 0) is 6.61 Å². The molecule has 12 heavy (non-hydrogen) atoms. The lowest BCUT2D eigenvalue weighted by Crippen LogP contribution is -1.91. The lowest BCUT2D eigenvalue weighted by Gasteiger charge is -2.05. The zero-order chi connectivity index (χ0) is 9.14. The molecule has 3 nitrogen and oxygen atoms in total. The van der Waals surface area contributed by atoms with E-state index in [9.17, 15) is 4.39 Å². The Hall–Kier alpha value is -1.29. The van der Waals surface area contributed by atoms with Gasteiger partial charge < -0.3 is 14.9 Å². The lowest BCUT2D eigenvalue weighted by atomic mass is 10.2. The summed E-state index contributed by atoms with van der Waals surface area (Å²) in [5, 5.41) is 17.8. The van der Waals surface area contributed by atoms with Crippen molar-refractivity contribution in [2.45, 2.75) is 6.61 Å². The van der Waals surface area contributed by atoms with Crippen LogP contribution in [0.1, 0.15) is 5.56 Å². The van der Waals surface area contributed by atoms with Crippen molar-refractivity contribution >= 4 is 0 Å². The molecule has 0 saturated carbocycles. The zero-order valence-corrected chi connectivity index (χ0v) is 6.54. The Morgan fingerprint density at radius 2 is 2.17 bits per heavy atom. The average Bonchev–Trinajstić information content (AvgIpc) is 2.03. The van der Waals surface area contributed by atoms with Gasteiger partial charge in [-0.2, -0.15) is 0 Å². The maximum atomic E-state index is 12.9. The van der Waals surface area contributed by atoms with Gasteiger partial charge in [-0.05, 0) is 17.7 Å².